The van der Waals surface area contributed by atoms with Gasteiger partial charge in [0.25, 0.3) is 5.91 Å². The maximum atomic E-state index is 12.5. The topological polar surface area (TPSA) is 42.7 Å². The lowest BCUT2D eigenvalue weighted by Gasteiger charge is -2.18. The van der Waals surface area contributed by atoms with Crippen LogP contribution in [0.4, 0.5) is 0 Å². The number of carbonyl (C=O) groups excluding carboxylic acids is 1. The van der Waals surface area contributed by atoms with Crippen molar-refractivity contribution in [3.05, 3.63) is 42.2 Å². The van der Waals surface area contributed by atoms with Gasteiger partial charge in [-0.3, -0.25) is 4.79 Å². The molecular weight excluding hydrogens is 254 g/mol. The van der Waals surface area contributed by atoms with Crippen LogP contribution in [0.5, 0.6) is 5.75 Å². The summed E-state index contributed by atoms with van der Waals surface area (Å²) in [5, 5.41) is 0. The summed E-state index contributed by atoms with van der Waals surface area (Å²) in [6, 6.07) is 9.22. The highest BCUT2D eigenvalue weighted by atomic mass is 16.5. The molecule has 0 aliphatic rings. The smallest absolute Gasteiger partial charge is 0.257 e. The van der Waals surface area contributed by atoms with E-state index in [4.69, 9.17) is 9.15 Å². The molecule has 0 aliphatic heterocycles. The first-order valence-electron chi connectivity index (χ1n) is 6.72. The van der Waals surface area contributed by atoms with E-state index in [0.717, 1.165) is 11.3 Å². The Morgan fingerprint density at radius 2 is 2.00 bits per heavy atom. The van der Waals surface area contributed by atoms with Gasteiger partial charge in [0.05, 0.1) is 18.9 Å². The van der Waals surface area contributed by atoms with Gasteiger partial charge >= 0.3 is 0 Å². The average Bonchev–Trinajstić information content (AvgIpc) is 2.98. The Labute approximate surface area is 119 Å². The summed E-state index contributed by atoms with van der Waals surface area (Å²) < 4.78 is 10.7. The Morgan fingerprint density at radius 1 is 1.25 bits per heavy atom. The Morgan fingerprint density at radius 3 is 2.65 bits per heavy atom. The molecule has 1 aromatic carbocycles. The molecule has 4 heteroatoms. The third-order valence-corrected chi connectivity index (χ3v) is 3.28. The first-order valence-corrected chi connectivity index (χ1v) is 6.72. The number of ether oxygens (including phenoxy) is 1. The molecule has 0 saturated carbocycles. The normalized spacial score (nSPS) is 10.3. The first-order chi connectivity index (χ1) is 9.71. The van der Waals surface area contributed by atoms with Crippen LogP contribution in [0.15, 0.2) is 41.0 Å². The minimum Gasteiger partial charge on any atom is -0.497 e. The van der Waals surface area contributed by atoms with Crippen LogP contribution in [0.25, 0.3) is 11.3 Å². The second kappa shape index (κ2) is 6.28. The summed E-state index contributed by atoms with van der Waals surface area (Å²) >= 11 is 0. The minimum absolute atomic E-state index is 0.0124. The second-order valence-electron chi connectivity index (χ2n) is 4.37. The van der Waals surface area contributed by atoms with E-state index in [9.17, 15) is 4.79 Å². The van der Waals surface area contributed by atoms with E-state index in [1.807, 2.05) is 38.1 Å². The standard InChI is InChI=1S/C16H19NO3/c1-4-17(5-2)16(18)14-9-10-20-15(14)12-7-6-8-13(11-12)19-3/h6-11H,4-5H2,1-3H3. The number of furan rings is 1. The van der Waals surface area contributed by atoms with Crippen molar-refractivity contribution in [1.29, 1.82) is 0 Å². The number of carbonyl (C=O) groups is 1. The largest absolute Gasteiger partial charge is 0.497 e. The molecule has 1 amide bonds. The van der Waals surface area contributed by atoms with E-state index in [1.54, 1.807) is 24.3 Å². The van der Waals surface area contributed by atoms with Crippen molar-refractivity contribution < 1.29 is 13.9 Å². The van der Waals surface area contributed by atoms with Gasteiger partial charge in [-0.2, -0.15) is 0 Å². The molecule has 0 fully saturated rings. The third kappa shape index (κ3) is 2.69. The van der Waals surface area contributed by atoms with Crippen molar-refractivity contribution in [3.8, 4) is 17.1 Å². The van der Waals surface area contributed by atoms with Gasteiger partial charge in [0.2, 0.25) is 0 Å². The van der Waals surface area contributed by atoms with Crippen molar-refractivity contribution in [3.63, 3.8) is 0 Å². The predicted molar refractivity (Wildman–Crippen MR) is 77.9 cm³/mol. The van der Waals surface area contributed by atoms with Crippen LogP contribution in [0.1, 0.15) is 24.2 Å². The van der Waals surface area contributed by atoms with Crippen molar-refractivity contribution in [2.75, 3.05) is 20.2 Å². The second-order valence-corrected chi connectivity index (χ2v) is 4.37. The van der Waals surface area contributed by atoms with E-state index < -0.39 is 0 Å². The summed E-state index contributed by atoms with van der Waals surface area (Å²) in [5.74, 6) is 1.31. The number of benzene rings is 1. The molecule has 2 rings (SSSR count). The molecule has 20 heavy (non-hydrogen) atoms. The highest BCUT2D eigenvalue weighted by Crippen LogP contribution is 2.28. The van der Waals surface area contributed by atoms with Crippen molar-refractivity contribution in [2.45, 2.75) is 13.8 Å². The summed E-state index contributed by atoms with van der Waals surface area (Å²) in [5.41, 5.74) is 1.42. The lowest BCUT2D eigenvalue weighted by Crippen LogP contribution is -2.30. The summed E-state index contributed by atoms with van der Waals surface area (Å²) in [7, 11) is 1.61. The van der Waals surface area contributed by atoms with Gasteiger partial charge in [-0.1, -0.05) is 12.1 Å². The van der Waals surface area contributed by atoms with Crippen LogP contribution in [0.2, 0.25) is 0 Å². The molecule has 0 bridgehead atoms. The van der Waals surface area contributed by atoms with Crippen LogP contribution in [0.3, 0.4) is 0 Å². The zero-order chi connectivity index (χ0) is 14.5. The van der Waals surface area contributed by atoms with Gasteiger partial charge in [0.1, 0.15) is 11.5 Å². The molecule has 0 aliphatic carbocycles. The van der Waals surface area contributed by atoms with Gasteiger partial charge in [0, 0.05) is 18.7 Å². The third-order valence-electron chi connectivity index (χ3n) is 3.28. The summed E-state index contributed by atoms with van der Waals surface area (Å²) in [6.45, 7) is 5.29. The monoisotopic (exact) mass is 273 g/mol. The molecule has 4 nitrogen and oxygen atoms in total. The molecule has 0 radical (unpaired) electrons. The van der Waals surface area contributed by atoms with Crippen LogP contribution in [-0.4, -0.2) is 31.0 Å². The molecule has 1 heterocycles. The van der Waals surface area contributed by atoms with E-state index in [1.165, 1.54) is 0 Å². The van der Waals surface area contributed by atoms with Gasteiger partial charge in [-0.05, 0) is 32.0 Å². The Balaban J connectivity index is 2.39. The zero-order valence-corrected chi connectivity index (χ0v) is 12.1. The SMILES string of the molecule is CCN(CC)C(=O)c1ccoc1-c1cccc(OC)c1. The van der Waals surface area contributed by atoms with Crippen LogP contribution in [-0.2, 0) is 0 Å². The summed E-state index contributed by atoms with van der Waals surface area (Å²) in [4.78, 5) is 14.2. The lowest BCUT2D eigenvalue weighted by molar-refractivity contribution is 0.0773. The zero-order valence-electron chi connectivity index (χ0n) is 12.1. The fourth-order valence-electron chi connectivity index (χ4n) is 2.15. The van der Waals surface area contributed by atoms with Gasteiger partial charge in [-0.25, -0.2) is 0 Å². The van der Waals surface area contributed by atoms with Crippen LogP contribution < -0.4 is 4.74 Å². The number of nitrogens with zero attached hydrogens (tertiary/aromatic N) is 1. The fraction of sp³-hybridized carbons (Fsp3) is 0.312. The van der Waals surface area contributed by atoms with E-state index in [2.05, 4.69) is 0 Å². The molecule has 1 aromatic heterocycles. The highest BCUT2D eigenvalue weighted by molar-refractivity contribution is 5.99. The molecule has 106 valence electrons. The van der Waals surface area contributed by atoms with E-state index >= 15 is 0 Å². The number of methoxy groups -OCH3 is 1. The van der Waals surface area contributed by atoms with E-state index in [0.29, 0.717) is 24.4 Å². The number of rotatable bonds is 5. The van der Waals surface area contributed by atoms with E-state index in [-0.39, 0.29) is 5.91 Å². The first kappa shape index (κ1) is 14.2. The molecule has 2 aromatic rings. The molecule has 0 atom stereocenters. The molecule has 0 N–H and O–H groups in total. The van der Waals surface area contributed by atoms with Crippen molar-refractivity contribution >= 4 is 5.91 Å². The van der Waals surface area contributed by atoms with Crippen LogP contribution in [0, 0.1) is 0 Å². The predicted octanol–water partition coefficient (Wildman–Crippen LogP) is 3.44. The van der Waals surface area contributed by atoms with Gasteiger partial charge in [-0.15, -0.1) is 0 Å². The molecule has 0 unspecified atom stereocenters. The molecule has 0 saturated heterocycles. The Hall–Kier alpha value is -2.23. The maximum absolute atomic E-state index is 12.5. The van der Waals surface area contributed by atoms with Crippen molar-refractivity contribution in [1.82, 2.24) is 4.90 Å². The fourth-order valence-corrected chi connectivity index (χ4v) is 2.15. The molecular formula is C16H19NO3. The number of hydrogen-bond donors (Lipinski definition) is 0. The maximum Gasteiger partial charge on any atom is 0.257 e. The molecule has 0 spiro atoms. The average molecular weight is 273 g/mol. The number of amides is 1. The minimum atomic E-state index is -0.0124. The van der Waals surface area contributed by atoms with Crippen molar-refractivity contribution in [2.24, 2.45) is 0 Å². The van der Waals surface area contributed by atoms with Crippen LogP contribution >= 0.6 is 0 Å². The number of hydrogen-bond acceptors (Lipinski definition) is 3. The van der Waals surface area contributed by atoms with Gasteiger partial charge in [0.15, 0.2) is 0 Å². The highest BCUT2D eigenvalue weighted by Gasteiger charge is 2.20. The van der Waals surface area contributed by atoms with Gasteiger partial charge < -0.3 is 14.1 Å². The Bertz CT molecular complexity index is 585. The summed E-state index contributed by atoms with van der Waals surface area (Å²) in [6.07, 6.45) is 1.55. The lowest BCUT2D eigenvalue weighted by atomic mass is 10.1. The quantitative estimate of drug-likeness (QED) is 0.838. The Kier molecular flexibility index (Phi) is 4.45.